The maximum Gasteiger partial charge on any atom is 0.259 e. The van der Waals surface area contributed by atoms with Crippen LogP contribution in [0.25, 0.3) is 11.3 Å². The molecule has 4 rings (SSSR count). The van der Waals surface area contributed by atoms with Crippen molar-refractivity contribution in [1.29, 1.82) is 0 Å². The van der Waals surface area contributed by atoms with Crippen LogP contribution in [0, 0.1) is 31.3 Å². The minimum atomic E-state index is -1.52. The number of benzene rings is 1. The summed E-state index contributed by atoms with van der Waals surface area (Å²) in [6.45, 7) is 3.87. The summed E-state index contributed by atoms with van der Waals surface area (Å²) in [5, 5.41) is 8.69. The van der Waals surface area contributed by atoms with Crippen LogP contribution >= 0.6 is 0 Å². The molecule has 10 heteroatoms. The lowest BCUT2D eigenvalue weighted by Gasteiger charge is -2.32. The zero-order valence-corrected chi connectivity index (χ0v) is 17.0. The average molecular weight is 418 g/mol. The molecule has 0 fully saturated rings. The predicted octanol–water partition coefficient (Wildman–Crippen LogP) is 2.51. The van der Waals surface area contributed by atoms with Crippen molar-refractivity contribution in [3.05, 3.63) is 57.8 Å². The van der Waals surface area contributed by atoms with Gasteiger partial charge < -0.3 is 10.6 Å². The van der Waals surface area contributed by atoms with E-state index in [9.17, 15) is 18.0 Å². The molecule has 0 radical (unpaired) electrons. The molecule has 3 heterocycles. The first-order valence-electron chi connectivity index (χ1n) is 9.39. The van der Waals surface area contributed by atoms with Gasteiger partial charge in [-0.05, 0) is 32.4 Å². The van der Waals surface area contributed by atoms with Crippen molar-refractivity contribution in [2.24, 2.45) is 19.8 Å². The van der Waals surface area contributed by atoms with Crippen LogP contribution in [0.2, 0.25) is 0 Å². The van der Waals surface area contributed by atoms with Crippen molar-refractivity contribution in [3.63, 3.8) is 0 Å². The standard InChI is InChI=1S/C20H21F3N6O/c1-9-15(10(2)27(3)25-9)20(30)29-6-5-12-17(19(29)24)26-28(4)18(12)11-7-13(21)16(23)14(22)8-11/h7-8,19H,5-6,24H2,1-4H3/t19-/m1/s1. The molecule has 1 aliphatic heterocycles. The molecule has 7 nitrogen and oxygen atoms in total. The monoisotopic (exact) mass is 418 g/mol. The molecule has 158 valence electrons. The number of nitrogens with zero attached hydrogens (tertiary/aromatic N) is 5. The van der Waals surface area contributed by atoms with Crippen LogP contribution in [0.4, 0.5) is 13.2 Å². The third-order valence-corrected chi connectivity index (χ3v) is 5.64. The number of amides is 1. The number of rotatable bonds is 2. The van der Waals surface area contributed by atoms with Gasteiger partial charge in [0, 0.05) is 37.5 Å². The maximum absolute atomic E-state index is 13.8. The molecule has 30 heavy (non-hydrogen) atoms. The Hall–Kier alpha value is -3.14. The molecule has 0 saturated heterocycles. The van der Waals surface area contributed by atoms with E-state index < -0.39 is 23.6 Å². The summed E-state index contributed by atoms with van der Waals surface area (Å²) >= 11 is 0. The predicted molar refractivity (Wildman–Crippen MR) is 103 cm³/mol. The Morgan fingerprint density at radius 3 is 2.30 bits per heavy atom. The lowest BCUT2D eigenvalue weighted by molar-refractivity contribution is 0.0660. The quantitative estimate of drug-likeness (QED) is 0.649. The Morgan fingerprint density at radius 1 is 1.10 bits per heavy atom. The molecule has 0 aliphatic carbocycles. The Balaban J connectivity index is 1.75. The SMILES string of the molecule is Cc1nn(C)c(C)c1C(=O)N1CCc2c(nn(C)c2-c2cc(F)c(F)c(F)c2)[C@@H]1N. The highest BCUT2D eigenvalue weighted by Crippen LogP contribution is 2.35. The van der Waals surface area contributed by atoms with Gasteiger partial charge in [0.2, 0.25) is 0 Å². The van der Waals surface area contributed by atoms with Gasteiger partial charge in [-0.15, -0.1) is 0 Å². The summed E-state index contributed by atoms with van der Waals surface area (Å²) in [6, 6.07) is 1.86. The number of fused-ring (bicyclic) bond motifs is 1. The Morgan fingerprint density at radius 2 is 1.73 bits per heavy atom. The van der Waals surface area contributed by atoms with E-state index in [4.69, 9.17) is 5.73 Å². The van der Waals surface area contributed by atoms with Crippen molar-refractivity contribution >= 4 is 5.91 Å². The van der Waals surface area contributed by atoms with Crippen molar-refractivity contribution in [2.45, 2.75) is 26.4 Å². The van der Waals surface area contributed by atoms with Crippen molar-refractivity contribution in [1.82, 2.24) is 24.5 Å². The highest BCUT2D eigenvalue weighted by molar-refractivity contribution is 5.96. The largest absolute Gasteiger partial charge is 0.317 e. The van der Waals surface area contributed by atoms with E-state index in [2.05, 4.69) is 10.2 Å². The van der Waals surface area contributed by atoms with Crippen LogP contribution < -0.4 is 5.73 Å². The summed E-state index contributed by atoms with van der Waals surface area (Å²) in [6.07, 6.45) is -0.452. The van der Waals surface area contributed by atoms with Crippen LogP contribution in [0.3, 0.4) is 0 Å². The molecule has 0 saturated carbocycles. The van der Waals surface area contributed by atoms with Crippen molar-refractivity contribution in [3.8, 4) is 11.3 Å². The number of hydrogen-bond donors (Lipinski definition) is 1. The first-order valence-corrected chi connectivity index (χ1v) is 9.39. The molecule has 1 aromatic carbocycles. The highest BCUT2D eigenvalue weighted by Gasteiger charge is 2.35. The zero-order chi connectivity index (χ0) is 21.9. The summed E-state index contributed by atoms with van der Waals surface area (Å²) in [5.41, 5.74) is 9.93. The molecule has 3 aromatic rings. The van der Waals surface area contributed by atoms with Crippen molar-refractivity contribution < 1.29 is 18.0 Å². The first kappa shape index (κ1) is 20.1. The van der Waals surface area contributed by atoms with Gasteiger partial charge in [-0.3, -0.25) is 14.2 Å². The fourth-order valence-electron chi connectivity index (χ4n) is 4.10. The topological polar surface area (TPSA) is 82.0 Å². The number of hydrogen-bond acceptors (Lipinski definition) is 4. The fourth-order valence-corrected chi connectivity index (χ4v) is 4.10. The second-order valence-corrected chi connectivity index (χ2v) is 7.45. The summed E-state index contributed by atoms with van der Waals surface area (Å²) in [4.78, 5) is 14.7. The molecule has 1 atom stereocenters. The lowest BCUT2D eigenvalue weighted by atomic mass is 9.97. The van der Waals surface area contributed by atoms with Crippen LogP contribution in [-0.2, 0) is 20.5 Å². The molecule has 0 spiro atoms. The van der Waals surface area contributed by atoms with Crippen LogP contribution in [0.1, 0.15) is 39.2 Å². The number of carbonyl (C=O) groups excluding carboxylic acids is 1. The highest BCUT2D eigenvalue weighted by atomic mass is 19.2. The number of aromatic nitrogens is 4. The first-order chi connectivity index (χ1) is 14.1. The molecular formula is C20H21F3N6O. The van der Waals surface area contributed by atoms with Crippen LogP contribution in [0.5, 0.6) is 0 Å². The molecular weight excluding hydrogens is 397 g/mol. The molecule has 2 N–H and O–H groups in total. The molecule has 0 unspecified atom stereocenters. The fraction of sp³-hybridized carbons (Fsp3) is 0.350. The van der Waals surface area contributed by atoms with Gasteiger partial charge in [-0.2, -0.15) is 10.2 Å². The minimum absolute atomic E-state index is 0.161. The molecule has 0 bridgehead atoms. The number of aryl methyl sites for hydroxylation is 3. The van der Waals surface area contributed by atoms with Gasteiger partial charge in [0.15, 0.2) is 17.5 Å². The van der Waals surface area contributed by atoms with Gasteiger partial charge in [0.05, 0.1) is 17.0 Å². The number of carbonyl (C=O) groups is 1. The maximum atomic E-state index is 13.8. The van der Waals surface area contributed by atoms with Gasteiger partial charge >= 0.3 is 0 Å². The second-order valence-electron chi connectivity index (χ2n) is 7.45. The van der Waals surface area contributed by atoms with E-state index >= 15 is 0 Å². The molecule has 1 aliphatic rings. The van der Waals surface area contributed by atoms with Crippen LogP contribution in [0.15, 0.2) is 12.1 Å². The smallest absolute Gasteiger partial charge is 0.259 e. The van der Waals surface area contributed by atoms with Gasteiger partial charge in [-0.25, -0.2) is 13.2 Å². The Kier molecular flexibility index (Phi) is 4.69. The number of halogens is 3. The average Bonchev–Trinajstić information content (AvgIpc) is 3.15. The normalized spacial score (nSPS) is 16.1. The van der Waals surface area contributed by atoms with E-state index in [-0.39, 0.29) is 11.5 Å². The Bertz CT molecular complexity index is 1160. The molecule has 1 amide bonds. The molecule has 2 aromatic heterocycles. The second kappa shape index (κ2) is 6.98. The van der Waals surface area contributed by atoms with Gasteiger partial charge in [0.25, 0.3) is 5.91 Å². The van der Waals surface area contributed by atoms with E-state index in [0.717, 1.165) is 17.8 Å². The van der Waals surface area contributed by atoms with Crippen molar-refractivity contribution in [2.75, 3.05) is 6.54 Å². The third kappa shape index (κ3) is 2.90. The Labute approximate surface area is 170 Å². The summed E-state index contributed by atoms with van der Waals surface area (Å²) in [7, 11) is 3.38. The lowest BCUT2D eigenvalue weighted by Crippen LogP contribution is -2.44. The van der Waals surface area contributed by atoms with E-state index in [1.165, 1.54) is 9.58 Å². The summed E-state index contributed by atoms with van der Waals surface area (Å²) < 4.78 is 44.0. The minimum Gasteiger partial charge on any atom is -0.317 e. The summed E-state index contributed by atoms with van der Waals surface area (Å²) in [5.74, 6) is -4.33. The van der Waals surface area contributed by atoms with Gasteiger partial charge in [-0.1, -0.05) is 0 Å². The number of nitrogens with two attached hydrogens (primary N) is 1. The third-order valence-electron chi connectivity index (χ3n) is 5.64. The van der Waals surface area contributed by atoms with Gasteiger partial charge in [0.1, 0.15) is 11.9 Å². The zero-order valence-electron chi connectivity index (χ0n) is 17.0. The van der Waals surface area contributed by atoms with Crippen LogP contribution in [-0.4, -0.2) is 36.9 Å². The van der Waals surface area contributed by atoms with E-state index in [1.54, 1.807) is 25.7 Å². The van der Waals surface area contributed by atoms with E-state index in [1.807, 2.05) is 6.92 Å². The van der Waals surface area contributed by atoms with E-state index in [0.29, 0.717) is 41.2 Å².